The summed E-state index contributed by atoms with van der Waals surface area (Å²) in [6.45, 7) is 3.04. The predicted octanol–water partition coefficient (Wildman–Crippen LogP) is 4.26. The zero-order chi connectivity index (χ0) is 19.4. The minimum absolute atomic E-state index is 0.195. The van der Waals surface area contributed by atoms with Gasteiger partial charge in [-0.25, -0.2) is 4.98 Å². The van der Waals surface area contributed by atoms with Gasteiger partial charge in [-0.1, -0.05) is 23.7 Å². The van der Waals surface area contributed by atoms with E-state index < -0.39 is 0 Å². The number of rotatable bonds is 6. The minimum atomic E-state index is -0.195. The predicted molar refractivity (Wildman–Crippen MR) is 108 cm³/mol. The maximum Gasteiger partial charge on any atom is 0.261 e. The molecular formula is C19H19ClN4O2S. The van der Waals surface area contributed by atoms with Crippen LogP contribution in [0.1, 0.15) is 27.9 Å². The summed E-state index contributed by atoms with van der Waals surface area (Å²) in [5.41, 5.74) is 2.27. The molecule has 0 radical (unpaired) electrons. The van der Waals surface area contributed by atoms with Gasteiger partial charge >= 0.3 is 0 Å². The Kier molecular flexibility index (Phi) is 5.93. The molecule has 0 spiro atoms. The number of hydrogen-bond acceptors (Lipinski definition) is 5. The van der Waals surface area contributed by atoms with E-state index in [1.807, 2.05) is 43.1 Å². The highest BCUT2D eigenvalue weighted by Gasteiger charge is 2.12. The van der Waals surface area contributed by atoms with E-state index in [1.165, 1.54) is 17.6 Å². The summed E-state index contributed by atoms with van der Waals surface area (Å²) in [6.07, 6.45) is 1.53. The van der Waals surface area contributed by atoms with Crippen LogP contribution in [0.15, 0.2) is 47.1 Å². The molecular weight excluding hydrogens is 384 g/mol. The lowest BCUT2D eigenvalue weighted by Gasteiger charge is -2.17. The number of halogens is 1. The lowest BCUT2D eigenvalue weighted by atomic mass is 10.1. The molecule has 3 aromatic rings. The molecule has 0 atom stereocenters. The van der Waals surface area contributed by atoms with E-state index in [-0.39, 0.29) is 12.5 Å². The number of nitrogens with one attached hydrogen (secondary N) is 2. The summed E-state index contributed by atoms with van der Waals surface area (Å²) >= 11 is 7.07. The number of oxazole rings is 1. The molecule has 0 fully saturated rings. The Morgan fingerprint density at radius 3 is 2.67 bits per heavy atom. The van der Waals surface area contributed by atoms with Crippen LogP contribution in [0, 0.1) is 5.41 Å². The van der Waals surface area contributed by atoms with Crippen molar-refractivity contribution in [3.05, 3.63) is 63.1 Å². The fourth-order valence-electron chi connectivity index (χ4n) is 2.36. The van der Waals surface area contributed by atoms with Gasteiger partial charge in [0.25, 0.3) is 5.91 Å². The van der Waals surface area contributed by atoms with Gasteiger partial charge in [-0.15, -0.1) is 11.3 Å². The van der Waals surface area contributed by atoms with E-state index in [0.717, 1.165) is 17.7 Å². The second kappa shape index (κ2) is 8.37. The van der Waals surface area contributed by atoms with Crippen molar-refractivity contribution < 1.29 is 9.21 Å². The van der Waals surface area contributed by atoms with Crippen molar-refractivity contribution in [2.75, 3.05) is 13.6 Å². The van der Waals surface area contributed by atoms with Gasteiger partial charge in [0.05, 0.1) is 21.5 Å². The Morgan fingerprint density at radius 2 is 2.04 bits per heavy atom. The average Bonchev–Trinajstić information content (AvgIpc) is 3.34. The molecule has 27 heavy (non-hydrogen) atoms. The summed E-state index contributed by atoms with van der Waals surface area (Å²) < 4.78 is 6.09. The Hall–Kier alpha value is -2.64. The fraction of sp³-hybridized carbons (Fsp3) is 0.211. The number of thiophene rings is 1. The number of aromatic nitrogens is 1. The molecule has 0 aliphatic carbocycles. The first kappa shape index (κ1) is 19.1. The Morgan fingerprint density at radius 1 is 1.30 bits per heavy atom. The van der Waals surface area contributed by atoms with E-state index in [2.05, 4.69) is 10.3 Å². The molecule has 8 heteroatoms. The van der Waals surface area contributed by atoms with Crippen molar-refractivity contribution in [1.29, 1.82) is 5.41 Å². The monoisotopic (exact) mass is 402 g/mol. The quantitative estimate of drug-likeness (QED) is 0.476. The molecule has 2 aromatic heterocycles. The first-order valence-corrected chi connectivity index (χ1v) is 9.55. The van der Waals surface area contributed by atoms with Gasteiger partial charge in [0.2, 0.25) is 5.89 Å². The molecule has 2 N–H and O–H groups in total. The van der Waals surface area contributed by atoms with Crippen LogP contribution in [0.25, 0.3) is 11.5 Å². The van der Waals surface area contributed by atoms with Gasteiger partial charge < -0.3 is 14.6 Å². The van der Waals surface area contributed by atoms with Crippen molar-refractivity contribution in [2.45, 2.75) is 13.5 Å². The van der Waals surface area contributed by atoms with Crippen LogP contribution in [0.4, 0.5) is 0 Å². The van der Waals surface area contributed by atoms with Crippen LogP contribution in [-0.4, -0.2) is 35.2 Å². The number of benzene rings is 1. The second-order valence-electron chi connectivity index (χ2n) is 5.87. The van der Waals surface area contributed by atoms with E-state index in [0.29, 0.717) is 26.6 Å². The number of hydrogen-bond donors (Lipinski definition) is 2. The van der Waals surface area contributed by atoms with Crippen LogP contribution in [0.2, 0.25) is 4.34 Å². The van der Waals surface area contributed by atoms with Crippen molar-refractivity contribution in [3.63, 3.8) is 0 Å². The van der Waals surface area contributed by atoms with Crippen LogP contribution in [-0.2, 0) is 6.54 Å². The van der Waals surface area contributed by atoms with E-state index in [9.17, 15) is 4.79 Å². The Balaban J connectivity index is 1.63. The van der Waals surface area contributed by atoms with Crippen molar-refractivity contribution in [2.24, 2.45) is 0 Å². The molecule has 3 rings (SSSR count). The third-order valence-corrected chi connectivity index (χ3v) is 5.27. The van der Waals surface area contributed by atoms with Gasteiger partial charge in [-0.2, -0.15) is 0 Å². The van der Waals surface area contributed by atoms with Gasteiger partial charge in [-0.3, -0.25) is 10.2 Å². The molecule has 0 saturated heterocycles. The van der Waals surface area contributed by atoms with Gasteiger partial charge in [-0.05, 0) is 31.2 Å². The van der Waals surface area contributed by atoms with Crippen LogP contribution in [0.5, 0.6) is 0 Å². The molecule has 6 nitrogen and oxygen atoms in total. The smallest absolute Gasteiger partial charge is 0.261 e. The maximum atomic E-state index is 12.0. The highest BCUT2D eigenvalue weighted by Crippen LogP contribution is 2.22. The number of amidine groups is 1. The largest absolute Gasteiger partial charge is 0.444 e. The molecule has 140 valence electrons. The summed E-state index contributed by atoms with van der Waals surface area (Å²) in [4.78, 5) is 18.9. The lowest BCUT2D eigenvalue weighted by Crippen LogP contribution is -2.26. The first-order chi connectivity index (χ1) is 13.0. The number of carbonyl (C=O) groups excluding carboxylic acids is 1. The Labute approximate surface area is 166 Å². The second-order valence-corrected chi connectivity index (χ2v) is 7.59. The molecule has 0 bridgehead atoms. The van der Waals surface area contributed by atoms with E-state index in [1.54, 1.807) is 12.1 Å². The van der Waals surface area contributed by atoms with Crippen molar-refractivity contribution >= 4 is 34.7 Å². The number of carbonyl (C=O) groups is 1. The summed E-state index contributed by atoms with van der Waals surface area (Å²) in [5, 5.41) is 10.9. The van der Waals surface area contributed by atoms with Gasteiger partial charge in [0.1, 0.15) is 12.1 Å². The molecule has 0 saturated carbocycles. The van der Waals surface area contributed by atoms with E-state index in [4.69, 9.17) is 21.4 Å². The molecule has 0 unspecified atom stereocenters. The molecule has 0 aliphatic heterocycles. The highest BCUT2D eigenvalue weighted by atomic mass is 35.5. The summed E-state index contributed by atoms with van der Waals surface area (Å²) in [5.74, 6) is 0.744. The average molecular weight is 403 g/mol. The van der Waals surface area contributed by atoms with Crippen LogP contribution < -0.4 is 5.32 Å². The maximum absolute atomic E-state index is 12.0. The van der Waals surface area contributed by atoms with Crippen LogP contribution in [0.3, 0.4) is 0 Å². The molecule has 1 amide bonds. The minimum Gasteiger partial charge on any atom is -0.444 e. The zero-order valence-corrected chi connectivity index (χ0v) is 16.5. The third-order valence-electron chi connectivity index (χ3n) is 4.04. The standard InChI is InChI=1S/C19H19ClN4O2S/c1-3-24(2)17(21)12-4-6-13(7-5-12)19-23-14(11-26-19)10-22-18(25)15-8-9-16(20)27-15/h4-9,11,21H,3,10H2,1-2H3,(H,22,25). The molecule has 0 aliphatic rings. The lowest BCUT2D eigenvalue weighted by molar-refractivity contribution is 0.0954. The van der Waals surface area contributed by atoms with Crippen LogP contribution >= 0.6 is 22.9 Å². The highest BCUT2D eigenvalue weighted by molar-refractivity contribution is 7.17. The Bertz CT molecular complexity index is 949. The van der Waals surface area contributed by atoms with Gasteiger partial charge in [0.15, 0.2) is 0 Å². The van der Waals surface area contributed by atoms with Crippen molar-refractivity contribution in [3.8, 4) is 11.5 Å². The van der Waals surface area contributed by atoms with E-state index >= 15 is 0 Å². The van der Waals surface area contributed by atoms with Crippen molar-refractivity contribution in [1.82, 2.24) is 15.2 Å². The topological polar surface area (TPSA) is 82.2 Å². The van der Waals surface area contributed by atoms with Gasteiger partial charge in [0, 0.05) is 24.7 Å². The summed E-state index contributed by atoms with van der Waals surface area (Å²) in [7, 11) is 1.88. The summed E-state index contributed by atoms with van der Waals surface area (Å²) in [6, 6.07) is 10.9. The number of amides is 1. The normalized spacial score (nSPS) is 10.6. The molecule has 1 aromatic carbocycles. The number of nitrogens with zero attached hydrogens (tertiary/aromatic N) is 2. The fourth-order valence-corrected chi connectivity index (χ4v) is 3.32. The first-order valence-electron chi connectivity index (χ1n) is 8.36. The third kappa shape index (κ3) is 4.56. The SMILES string of the molecule is CCN(C)C(=N)c1ccc(-c2nc(CNC(=O)c3ccc(Cl)s3)co2)cc1. The molecule has 2 heterocycles. The zero-order valence-electron chi connectivity index (χ0n) is 15.0.